The number of ether oxygens (including phenoxy) is 1. The van der Waals surface area contributed by atoms with Crippen LogP contribution in [-0.4, -0.2) is 21.5 Å². The second-order valence-corrected chi connectivity index (χ2v) is 4.55. The van der Waals surface area contributed by atoms with Gasteiger partial charge in [-0.1, -0.05) is 0 Å². The van der Waals surface area contributed by atoms with Crippen LogP contribution >= 0.6 is 0 Å². The molecule has 1 rings (SSSR count). The van der Waals surface area contributed by atoms with Crippen molar-refractivity contribution in [2.45, 2.75) is 11.8 Å². The summed E-state index contributed by atoms with van der Waals surface area (Å²) in [5.41, 5.74) is 0.711. The lowest BCUT2D eigenvalue weighted by Crippen LogP contribution is -2.14. The van der Waals surface area contributed by atoms with Gasteiger partial charge in [0.25, 0.3) is 0 Å². The van der Waals surface area contributed by atoms with Crippen LogP contribution in [0.2, 0.25) is 0 Å². The molecule has 2 N–H and O–H groups in total. The van der Waals surface area contributed by atoms with Gasteiger partial charge >= 0.3 is 5.97 Å². The lowest BCUT2D eigenvalue weighted by molar-refractivity contribution is 0.0600. The van der Waals surface area contributed by atoms with Crippen molar-refractivity contribution in [1.29, 1.82) is 0 Å². The van der Waals surface area contributed by atoms with E-state index in [0.29, 0.717) is 11.1 Å². The van der Waals surface area contributed by atoms with E-state index >= 15 is 0 Å². The highest BCUT2D eigenvalue weighted by Gasteiger charge is 2.13. The number of rotatable bonds is 2. The van der Waals surface area contributed by atoms with Crippen LogP contribution in [0.25, 0.3) is 0 Å². The van der Waals surface area contributed by atoms with Crippen LogP contribution in [0.3, 0.4) is 0 Å². The third kappa shape index (κ3) is 2.54. The highest BCUT2D eigenvalue weighted by molar-refractivity contribution is 7.89. The number of sulfonamides is 1. The molecule has 1 aromatic carbocycles. The fourth-order valence-electron chi connectivity index (χ4n) is 1.21. The number of carbonyl (C=O) groups excluding carboxylic acids is 1. The molecule has 0 bridgehead atoms. The fraction of sp³-hybridized carbons (Fsp3) is 0.222. The number of methoxy groups -OCH3 is 1. The summed E-state index contributed by atoms with van der Waals surface area (Å²) >= 11 is 0. The molecular formula is C9H11NO4S. The van der Waals surface area contributed by atoms with Crippen molar-refractivity contribution < 1.29 is 17.9 Å². The molecule has 0 aromatic heterocycles. The normalized spacial score (nSPS) is 11.1. The molecule has 15 heavy (non-hydrogen) atoms. The van der Waals surface area contributed by atoms with E-state index in [1.165, 1.54) is 25.3 Å². The van der Waals surface area contributed by atoms with Gasteiger partial charge in [0, 0.05) is 0 Å². The Labute approximate surface area is 87.9 Å². The maximum absolute atomic E-state index is 11.1. The standard InChI is InChI=1S/C9H11NO4S/c1-6-5-7(9(11)14-2)3-4-8(6)15(10,12)13/h3-5H,1-2H3,(H2,10,12,13). The second-order valence-electron chi connectivity index (χ2n) is 3.02. The van der Waals surface area contributed by atoms with Crippen LogP contribution in [0.1, 0.15) is 15.9 Å². The third-order valence-electron chi connectivity index (χ3n) is 1.90. The van der Waals surface area contributed by atoms with Gasteiger partial charge in [0.2, 0.25) is 10.0 Å². The molecule has 0 aliphatic rings. The van der Waals surface area contributed by atoms with Gasteiger partial charge in [-0.25, -0.2) is 18.4 Å². The Balaban J connectivity index is 3.27. The first-order valence-corrected chi connectivity index (χ1v) is 5.62. The maximum atomic E-state index is 11.1. The zero-order valence-electron chi connectivity index (χ0n) is 8.35. The van der Waals surface area contributed by atoms with Gasteiger partial charge in [0.15, 0.2) is 0 Å². The third-order valence-corrected chi connectivity index (χ3v) is 2.97. The Morgan fingerprint density at radius 1 is 1.40 bits per heavy atom. The van der Waals surface area contributed by atoms with Gasteiger partial charge in [-0.05, 0) is 30.7 Å². The zero-order chi connectivity index (χ0) is 11.6. The van der Waals surface area contributed by atoms with Gasteiger partial charge in [0.1, 0.15) is 0 Å². The first kappa shape index (κ1) is 11.7. The Hall–Kier alpha value is -1.40. The lowest BCUT2D eigenvalue weighted by Gasteiger charge is -2.05. The van der Waals surface area contributed by atoms with E-state index in [9.17, 15) is 13.2 Å². The Morgan fingerprint density at radius 3 is 2.40 bits per heavy atom. The number of primary sulfonamides is 1. The summed E-state index contributed by atoms with van der Waals surface area (Å²) in [5.74, 6) is -0.515. The van der Waals surface area contributed by atoms with Crippen LogP contribution < -0.4 is 5.14 Å². The number of carbonyl (C=O) groups is 1. The van der Waals surface area contributed by atoms with Crippen LogP contribution in [-0.2, 0) is 14.8 Å². The van der Waals surface area contributed by atoms with Gasteiger partial charge in [-0.15, -0.1) is 0 Å². The highest BCUT2D eigenvalue weighted by atomic mass is 32.2. The Bertz CT molecular complexity index is 493. The minimum absolute atomic E-state index is 0.00940. The molecule has 82 valence electrons. The number of aryl methyl sites for hydroxylation is 1. The minimum atomic E-state index is -3.73. The summed E-state index contributed by atoms with van der Waals surface area (Å²) in [6, 6.07) is 4.07. The number of hydrogen-bond acceptors (Lipinski definition) is 4. The monoisotopic (exact) mass is 229 g/mol. The molecule has 5 nitrogen and oxygen atoms in total. The van der Waals surface area contributed by atoms with Crippen molar-refractivity contribution in [3.8, 4) is 0 Å². The largest absolute Gasteiger partial charge is 0.465 e. The topological polar surface area (TPSA) is 86.5 Å². The Morgan fingerprint density at radius 2 is 2.00 bits per heavy atom. The summed E-state index contributed by atoms with van der Waals surface area (Å²) in [6.07, 6.45) is 0. The van der Waals surface area contributed by atoms with Crippen LogP contribution in [0.4, 0.5) is 0 Å². The summed E-state index contributed by atoms with van der Waals surface area (Å²) < 4.78 is 26.6. The molecule has 1 aromatic rings. The molecule has 0 radical (unpaired) electrons. The minimum Gasteiger partial charge on any atom is -0.465 e. The number of nitrogens with two attached hydrogens (primary N) is 1. The van der Waals surface area contributed by atoms with Crippen molar-refractivity contribution >= 4 is 16.0 Å². The summed E-state index contributed by atoms with van der Waals surface area (Å²) in [4.78, 5) is 11.1. The van der Waals surface area contributed by atoms with Crippen molar-refractivity contribution in [2.24, 2.45) is 5.14 Å². The van der Waals surface area contributed by atoms with E-state index in [0.717, 1.165) is 0 Å². The van der Waals surface area contributed by atoms with Gasteiger partial charge < -0.3 is 4.74 Å². The van der Waals surface area contributed by atoms with E-state index in [2.05, 4.69) is 4.74 Å². The van der Waals surface area contributed by atoms with Crippen molar-refractivity contribution in [3.05, 3.63) is 29.3 Å². The second kappa shape index (κ2) is 4.00. The van der Waals surface area contributed by atoms with E-state index in [4.69, 9.17) is 5.14 Å². The first-order valence-electron chi connectivity index (χ1n) is 4.08. The lowest BCUT2D eigenvalue weighted by atomic mass is 10.1. The maximum Gasteiger partial charge on any atom is 0.337 e. The van der Waals surface area contributed by atoms with Crippen LogP contribution in [0, 0.1) is 6.92 Å². The van der Waals surface area contributed by atoms with E-state index < -0.39 is 16.0 Å². The number of esters is 1. The molecular weight excluding hydrogens is 218 g/mol. The predicted octanol–water partition coefficient (Wildman–Crippen LogP) is 0.429. The molecule has 0 fully saturated rings. The molecule has 0 unspecified atom stereocenters. The molecule has 0 amide bonds. The number of hydrogen-bond donors (Lipinski definition) is 1. The fourth-order valence-corrected chi connectivity index (χ4v) is 1.98. The van der Waals surface area contributed by atoms with Crippen LogP contribution in [0.15, 0.2) is 23.1 Å². The molecule has 0 atom stereocenters. The number of benzene rings is 1. The molecule has 0 aliphatic carbocycles. The van der Waals surface area contributed by atoms with E-state index in [1.54, 1.807) is 6.92 Å². The van der Waals surface area contributed by atoms with E-state index in [1.807, 2.05) is 0 Å². The summed E-state index contributed by atoms with van der Waals surface area (Å²) in [7, 11) is -2.48. The van der Waals surface area contributed by atoms with Gasteiger partial charge in [0.05, 0.1) is 17.6 Å². The van der Waals surface area contributed by atoms with E-state index in [-0.39, 0.29) is 4.90 Å². The Kier molecular flexibility index (Phi) is 3.11. The van der Waals surface area contributed by atoms with Crippen LogP contribution in [0.5, 0.6) is 0 Å². The highest BCUT2D eigenvalue weighted by Crippen LogP contribution is 2.15. The van der Waals surface area contributed by atoms with Gasteiger partial charge in [-0.2, -0.15) is 0 Å². The van der Waals surface area contributed by atoms with Crippen molar-refractivity contribution in [1.82, 2.24) is 0 Å². The first-order chi connectivity index (χ1) is 6.86. The molecule has 0 saturated heterocycles. The zero-order valence-corrected chi connectivity index (χ0v) is 9.17. The van der Waals surface area contributed by atoms with Crippen molar-refractivity contribution in [2.75, 3.05) is 7.11 Å². The average Bonchev–Trinajstić information content (AvgIpc) is 2.14. The molecule has 0 spiro atoms. The molecule has 0 saturated carbocycles. The van der Waals surface area contributed by atoms with Crippen molar-refractivity contribution in [3.63, 3.8) is 0 Å². The SMILES string of the molecule is COC(=O)c1ccc(S(N)(=O)=O)c(C)c1. The molecule has 0 aliphatic heterocycles. The summed E-state index contributed by atoms with van der Waals surface area (Å²) in [6.45, 7) is 1.56. The summed E-state index contributed by atoms with van der Waals surface area (Å²) in [5, 5.41) is 4.97. The molecule has 0 heterocycles. The predicted molar refractivity (Wildman–Crippen MR) is 53.9 cm³/mol. The van der Waals surface area contributed by atoms with Gasteiger partial charge in [-0.3, -0.25) is 0 Å². The quantitative estimate of drug-likeness (QED) is 0.745. The smallest absolute Gasteiger partial charge is 0.337 e. The average molecular weight is 229 g/mol. The molecule has 6 heteroatoms.